The van der Waals surface area contributed by atoms with Gasteiger partial charge in [0.25, 0.3) is 5.91 Å². The highest BCUT2D eigenvalue weighted by Crippen LogP contribution is 2.19. The molecule has 0 aliphatic rings. The number of hydrogen-bond acceptors (Lipinski definition) is 5. The predicted octanol–water partition coefficient (Wildman–Crippen LogP) is 2.11. The summed E-state index contributed by atoms with van der Waals surface area (Å²) in [6.45, 7) is 3.85. The fourth-order valence-corrected chi connectivity index (χ4v) is 4.41. The van der Waals surface area contributed by atoms with Crippen LogP contribution in [0.15, 0.2) is 40.6 Å². The zero-order chi connectivity index (χ0) is 19.2. The molecule has 3 N–H and O–H groups in total. The molecule has 7 nitrogen and oxygen atoms in total. The summed E-state index contributed by atoms with van der Waals surface area (Å²) < 4.78 is 26.8. The van der Waals surface area contributed by atoms with Crippen LogP contribution in [0.2, 0.25) is 0 Å². The van der Waals surface area contributed by atoms with Crippen LogP contribution in [-0.2, 0) is 14.8 Å². The molecule has 26 heavy (non-hydrogen) atoms. The highest BCUT2D eigenvalue weighted by Gasteiger charge is 2.15. The van der Waals surface area contributed by atoms with Crippen molar-refractivity contribution in [1.82, 2.24) is 10.0 Å². The van der Waals surface area contributed by atoms with Gasteiger partial charge >= 0.3 is 0 Å². The molecule has 0 saturated carbocycles. The zero-order valence-electron chi connectivity index (χ0n) is 14.5. The van der Waals surface area contributed by atoms with E-state index < -0.39 is 10.0 Å². The minimum atomic E-state index is -3.54. The molecule has 0 aliphatic heterocycles. The van der Waals surface area contributed by atoms with Crippen LogP contribution in [0.1, 0.15) is 28.6 Å². The SMILES string of the molecule is CCC(=O)Nc1ccc(C(=O)NCCNS(=O)(=O)c2ccc(C)s2)cc1. The van der Waals surface area contributed by atoms with Crippen molar-refractivity contribution in [2.45, 2.75) is 24.5 Å². The van der Waals surface area contributed by atoms with Gasteiger partial charge in [-0.25, -0.2) is 13.1 Å². The molecule has 0 unspecified atom stereocenters. The lowest BCUT2D eigenvalue weighted by Crippen LogP contribution is -2.34. The maximum atomic E-state index is 12.1. The fraction of sp³-hybridized carbons (Fsp3) is 0.294. The monoisotopic (exact) mass is 395 g/mol. The van der Waals surface area contributed by atoms with Gasteiger partial charge in [-0.2, -0.15) is 0 Å². The van der Waals surface area contributed by atoms with Gasteiger partial charge in [-0.1, -0.05) is 6.92 Å². The summed E-state index contributed by atoms with van der Waals surface area (Å²) >= 11 is 1.20. The number of aryl methyl sites for hydroxylation is 1. The van der Waals surface area contributed by atoms with E-state index in [2.05, 4.69) is 15.4 Å². The molecule has 2 amide bonds. The minimum absolute atomic E-state index is 0.0929. The second-order valence-electron chi connectivity index (χ2n) is 5.50. The van der Waals surface area contributed by atoms with Crippen LogP contribution in [-0.4, -0.2) is 33.3 Å². The average molecular weight is 396 g/mol. The third-order valence-electron chi connectivity index (χ3n) is 3.44. The second-order valence-corrected chi connectivity index (χ2v) is 8.78. The molecule has 0 fully saturated rings. The molecule has 9 heteroatoms. The molecule has 0 aliphatic carbocycles. The fourth-order valence-electron chi connectivity index (χ4n) is 2.05. The molecule has 1 heterocycles. The number of amides is 2. The maximum absolute atomic E-state index is 12.1. The molecule has 0 atom stereocenters. The summed E-state index contributed by atoms with van der Waals surface area (Å²) in [4.78, 5) is 24.3. The highest BCUT2D eigenvalue weighted by atomic mass is 32.2. The van der Waals surface area contributed by atoms with E-state index in [9.17, 15) is 18.0 Å². The summed E-state index contributed by atoms with van der Waals surface area (Å²) in [5, 5.41) is 5.35. The van der Waals surface area contributed by atoms with Crippen molar-refractivity contribution in [2.75, 3.05) is 18.4 Å². The summed E-state index contributed by atoms with van der Waals surface area (Å²) in [6, 6.07) is 9.78. The molecule has 2 aromatic rings. The Hall–Kier alpha value is -2.23. The quantitative estimate of drug-likeness (QED) is 0.596. The molecule has 0 radical (unpaired) electrons. The van der Waals surface area contributed by atoms with E-state index in [-0.39, 0.29) is 29.1 Å². The predicted molar refractivity (Wildman–Crippen MR) is 102 cm³/mol. The number of benzene rings is 1. The van der Waals surface area contributed by atoms with Crippen molar-refractivity contribution < 1.29 is 18.0 Å². The van der Waals surface area contributed by atoms with Gasteiger partial charge in [0.2, 0.25) is 15.9 Å². The third-order valence-corrected chi connectivity index (χ3v) is 6.39. The second kappa shape index (κ2) is 8.93. The van der Waals surface area contributed by atoms with Crippen molar-refractivity contribution >= 4 is 38.9 Å². The van der Waals surface area contributed by atoms with Gasteiger partial charge in [0.1, 0.15) is 4.21 Å². The summed E-state index contributed by atoms with van der Waals surface area (Å²) in [6.07, 6.45) is 0.378. The van der Waals surface area contributed by atoms with Gasteiger partial charge in [0.15, 0.2) is 0 Å². The van der Waals surface area contributed by atoms with E-state index in [0.717, 1.165) is 4.88 Å². The van der Waals surface area contributed by atoms with Gasteiger partial charge in [0, 0.05) is 35.6 Å². The van der Waals surface area contributed by atoms with E-state index in [4.69, 9.17) is 0 Å². The Morgan fingerprint density at radius 1 is 1.04 bits per heavy atom. The smallest absolute Gasteiger partial charge is 0.251 e. The molecule has 0 bridgehead atoms. The van der Waals surface area contributed by atoms with E-state index in [1.165, 1.54) is 11.3 Å². The minimum Gasteiger partial charge on any atom is -0.351 e. The standard InChI is InChI=1S/C17H21N3O4S2/c1-3-15(21)20-14-7-5-13(6-8-14)17(22)18-10-11-19-26(23,24)16-9-4-12(2)25-16/h4-9,19H,3,10-11H2,1-2H3,(H,18,22)(H,20,21). The molecule has 0 spiro atoms. The van der Waals surface area contributed by atoms with Crippen molar-refractivity contribution in [3.63, 3.8) is 0 Å². The van der Waals surface area contributed by atoms with Crippen LogP contribution < -0.4 is 15.4 Å². The van der Waals surface area contributed by atoms with Gasteiger partial charge in [-0.05, 0) is 43.3 Å². The van der Waals surface area contributed by atoms with Crippen LogP contribution in [0.4, 0.5) is 5.69 Å². The lowest BCUT2D eigenvalue weighted by molar-refractivity contribution is -0.115. The Balaban J connectivity index is 1.80. The number of rotatable bonds is 8. The maximum Gasteiger partial charge on any atom is 0.251 e. The normalized spacial score (nSPS) is 11.2. The first-order valence-corrected chi connectivity index (χ1v) is 10.4. The van der Waals surface area contributed by atoms with Crippen LogP contribution >= 0.6 is 11.3 Å². The van der Waals surface area contributed by atoms with Crippen LogP contribution in [0, 0.1) is 6.92 Å². The first kappa shape index (κ1) is 20.1. The van der Waals surface area contributed by atoms with Crippen molar-refractivity contribution in [3.8, 4) is 0 Å². The van der Waals surface area contributed by atoms with Gasteiger partial charge in [0.05, 0.1) is 0 Å². The number of nitrogens with one attached hydrogen (secondary N) is 3. The number of carbonyl (C=O) groups excluding carboxylic acids is 2. The summed E-state index contributed by atoms with van der Waals surface area (Å²) in [5.41, 5.74) is 1.05. The van der Waals surface area contributed by atoms with E-state index >= 15 is 0 Å². The van der Waals surface area contributed by atoms with Crippen molar-refractivity contribution in [2.24, 2.45) is 0 Å². The Morgan fingerprint density at radius 3 is 2.31 bits per heavy atom. The van der Waals surface area contributed by atoms with Gasteiger partial charge in [-0.15, -0.1) is 11.3 Å². The first-order chi connectivity index (χ1) is 12.3. The Bertz CT molecular complexity index is 874. The van der Waals surface area contributed by atoms with E-state index in [1.807, 2.05) is 6.92 Å². The zero-order valence-corrected chi connectivity index (χ0v) is 16.2. The molecule has 2 rings (SSSR count). The molecule has 0 saturated heterocycles. The van der Waals surface area contributed by atoms with Gasteiger partial charge < -0.3 is 10.6 Å². The molecule has 1 aromatic carbocycles. The van der Waals surface area contributed by atoms with Gasteiger partial charge in [-0.3, -0.25) is 9.59 Å². The van der Waals surface area contributed by atoms with E-state index in [1.54, 1.807) is 43.3 Å². The lowest BCUT2D eigenvalue weighted by atomic mass is 10.2. The van der Waals surface area contributed by atoms with E-state index in [0.29, 0.717) is 17.7 Å². The topological polar surface area (TPSA) is 104 Å². The number of sulfonamides is 1. The summed E-state index contributed by atoms with van der Waals surface area (Å²) in [5.74, 6) is -0.417. The average Bonchev–Trinajstić information content (AvgIpc) is 3.06. The van der Waals surface area contributed by atoms with Crippen LogP contribution in [0.5, 0.6) is 0 Å². The Kier molecular flexibility index (Phi) is 6.90. The lowest BCUT2D eigenvalue weighted by Gasteiger charge is -2.08. The molecule has 140 valence electrons. The third kappa shape index (κ3) is 5.65. The largest absolute Gasteiger partial charge is 0.351 e. The highest BCUT2D eigenvalue weighted by molar-refractivity contribution is 7.91. The number of carbonyl (C=O) groups is 2. The molecular formula is C17H21N3O4S2. The van der Waals surface area contributed by atoms with Crippen molar-refractivity contribution in [3.05, 3.63) is 46.8 Å². The number of hydrogen-bond donors (Lipinski definition) is 3. The summed E-state index contributed by atoms with van der Waals surface area (Å²) in [7, 11) is -3.54. The molecule has 1 aromatic heterocycles. The number of thiophene rings is 1. The van der Waals surface area contributed by atoms with Crippen LogP contribution in [0.25, 0.3) is 0 Å². The van der Waals surface area contributed by atoms with Crippen molar-refractivity contribution in [1.29, 1.82) is 0 Å². The first-order valence-electron chi connectivity index (χ1n) is 8.06. The Morgan fingerprint density at radius 2 is 1.73 bits per heavy atom. The number of anilines is 1. The molecular weight excluding hydrogens is 374 g/mol. The Labute approximate surface area is 156 Å². The van der Waals surface area contributed by atoms with Crippen LogP contribution in [0.3, 0.4) is 0 Å².